The average molecular weight is 287 g/mol. The van der Waals surface area contributed by atoms with Crippen molar-refractivity contribution in [2.24, 2.45) is 5.84 Å². The zero-order valence-corrected chi connectivity index (χ0v) is 12.7. The van der Waals surface area contributed by atoms with Crippen LogP contribution >= 0.6 is 11.3 Å². The molecule has 0 saturated carbocycles. The number of hydrazine groups is 1. The van der Waals surface area contributed by atoms with Crippen LogP contribution in [-0.2, 0) is 25.7 Å². The van der Waals surface area contributed by atoms with Crippen LogP contribution in [0.2, 0.25) is 0 Å². The Balaban J connectivity index is 1.68. The fourth-order valence-corrected chi connectivity index (χ4v) is 3.61. The van der Waals surface area contributed by atoms with E-state index in [0.717, 1.165) is 23.5 Å². The zero-order chi connectivity index (χ0) is 13.9. The molecule has 3 N–H and O–H groups in total. The molecule has 1 heterocycles. The van der Waals surface area contributed by atoms with Crippen molar-refractivity contribution in [3.63, 3.8) is 0 Å². The van der Waals surface area contributed by atoms with Crippen molar-refractivity contribution < 1.29 is 0 Å². The summed E-state index contributed by atoms with van der Waals surface area (Å²) < 4.78 is 0. The molecule has 0 amide bonds. The van der Waals surface area contributed by atoms with Gasteiger partial charge in [0.1, 0.15) is 0 Å². The Kier molecular flexibility index (Phi) is 4.15. The Morgan fingerprint density at radius 1 is 1.30 bits per heavy atom. The molecule has 3 nitrogen and oxygen atoms in total. The Bertz CT molecular complexity index is 591. The van der Waals surface area contributed by atoms with Crippen molar-refractivity contribution in [2.45, 2.75) is 45.1 Å². The summed E-state index contributed by atoms with van der Waals surface area (Å²) in [5.41, 5.74) is 8.51. The Morgan fingerprint density at radius 3 is 2.90 bits per heavy atom. The summed E-state index contributed by atoms with van der Waals surface area (Å²) in [6.07, 6.45) is 5.62. The third-order valence-corrected chi connectivity index (χ3v) is 4.83. The number of hydrogen-bond donors (Lipinski definition) is 2. The maximum atomic E-state index is 5.71. The molecule has 0 spiro atoms. The van der Waals surface area contributed by atoms with E-state index in [1.807, 2.05) is 6.92 Å². The second-order valence-electron chi connectivity index (χ2n) is 5.59. The number of hydrogen-bond acceptors (Lipinski definition) is 4. The van der Waals surface area contributed by atoms with E-state index in [4.69, 9.17) is 5.84 Å². The summed E-state index contributed by atoms with van der Waals surface area (Å²) in [7, 11) is 0. The van der Waals surface area contributed by atoms with Gasteiger partial charge in [-0.1, -0.05) is 18.2 Å². The van der Waals surface area contributed by atoms with Crippen LogP contribution in [0.4, 0.5) is 0 Å². The molecular weight excluding hydrogens is 266 g/mol. The number of aryl methyl sites for hydroxylation is 3. The molecule has 2 aromatic rings. The van der Waals surface area contributed by atoms with Crippen molar-refractivity contribution in [2.75, 3.05) is 0 Å². The first-order valence-corrected chi connectivity index (χ1v) is 8.10. The summed E-state index contributed by atoms with van der Waals surface area (Å²) in [5, 5.41) is 3.25. The monoisotopic (exact) mass is 287 g/mol. The molecule has 1 aromatic heterocycles. The molecular formula is C16H21N3S. The fraction of sp³-hybridized carbons (Fsp3) is 0.438. The molecule has 106 valence electrons. The van der Waals surface area contributed by atoms with Crippen LogP contribution < -0.4 is 11.3 Å². The van der Waals surface area contributed by atoms with E-state index in [2.05, 4.69) is 34.0 Å². The van der Waals surface area contributed by atoms with Crippen molar-refractivity contribution in [1.82, 2.24) is 10.4 Å². The van der Waals surface area contributed by atoms with E-state index in [-0.39, 0.29) is 6.04 Å². The molecule has 1 unspecified atom stereocenters. The van der Waals surface area contributed by atoms with Gasteiger partial charge in [0.15, 0.2) is 0 Å². The summed E-state index contributed by atoms with van der Waals surface area (Å²) in [5.74, 6) is 5.71. The first-order valence-electron chi connectivity index (χ1n) is 7.22. The number of nitrogens with zero attached hydrogens (tertiary/aromatic N) is 1. The standard InChI is InChI=1S/C16H21N3S/c1-11-18-16(10-20-11)9-15(19-17)8-12-5-6-13-3-2-4-14(13)7-12/h5-7,10,15,19H,2-4,8-9,17H2,1H3. The third kappa shape index (κ3) is 3.08. The first-order chi connectivity index (χ1) is 9.74. The molecule has 3 rings (SSSR count). The van der Waals surface area contributed by atoms with Gasteiger partial charge >= 0.3 is 0 Å². The summed E-state index contributed by atoms with van der Waals surface area (Å²) >= 11 is 1.70. The van der Waals surface area contributed by atoms with E-state index in [1.54, 1.807) is 11.3 Å². The van der Waals surface area contributed by atoms with Crippen LogP contribution in [0.3, 0.4) is 0 Å². The van der Waals surface area contributed by atoms with E-state index in [9.17, 15) is 0 Å². The van der Waals surface area contributed by atoms with Crippen molar-refractivity contribution in [1.29, 1.82) is 0 Å². The minimum atomic E-state index is 0.246. The van der Waals surface area contributed by atoms with Crippen molar-refractivity contribution >= 4 is 11.3 Å². The molecule has 1 aliphatic rings. The van der Waals surface area contributed by atoms with Crippen LogP contribution in [-0.4, -0.2) is 11.0 Å². The maximum Gasteiger partial charge on any atom is 0.0897 e. The van der Waals surface area contributed by atoms with Gasteiger partial charge in [0.05, 0.1) is 10.7 Å². The SMILES string of the molecule is Cc1nc(CC(Cc2ccc3c(c2)CCC3)NN)cs1. The molecule has 0 fully saturated rings. The highest BCUT2D eigenvalue weighted by molar-refractivity contribution is 7.09. The minimum absolute atomic E-state index is 0.246. The van der Waals surface area contributed by atoms with Gasteiger partial charge in [-0.25, -0.2) is 4.98 Å². The molecule has 0 aliphatic heterocycles. The number of benzene rings is 1. The summed E-state index contributed by atoms with van der Waals surface area (Å²) in [4.78, 5) is 4.52. The van der Waals surface area contributed by atoms with Crippen LogP contribution in [0.5, 0.6) is 0 Å². The lowest BCUT2D eigenvalue weighted by Gasteiger charge is -2.15. The predicted molar refractivity (Wildman–Crippen MR) is 83.8 cm³/mol. The van der Waals surface area contributed by atoms with Crippen LogP contribution in [0.1, 0.15) is 33.8 Å². The lowest BCUT2D eigenvalue weighted by Crippen LogP contribution is -2.38. The van der Waals surface area contributed by atoms with Gasteiger partial charge in [-0.2, -0.15) is 0 Å². The van der Waals surface area contributed by atoms with E-state index in [0.29, 0.717) is 0 Å². The molecule has 1 aromatic carbocycles. The number of nitrogens with two attached hydrogens (primary N) is 1. The lowest BCUT2D eigenvalue weighted by molar-refractivity contribution is 0.518. The highest BCUT2D eigenvalue weighted by atomic mass is 32.1. The highest BCUT2D eigenvalue weighted by Crippen LogP contribution is 2.23. The fourth-order valence-electron chi connectivity index (χ4n) is 2.98. The van der Waals surface area contributed by atoms with Crippen molar-refractivity contribution in [3.05, 3.63) is 51.0 Å². The summed E-state index contributed by atoms with van der Waals surface area (Å²) in [6, 6.07) is 7.15. The van der Waals surface area contributed by atoms with Gasteiger partial charge < -0.3 is 0 Å². The van der Waals surface area contributed by atoms with E-state index < -0.39 is 0 Å². The van der Waals surface area contributed by atoms with E-state index >= 15 is 0 Å². The zero-order valence-electron chi connectivity index (χ0n) is 11.9. The second kappa shape index (κ2) is 6.04. The highest BCUT2D eigenvalue weighted by Gasteiger charge is 2.14. The molecule has 1 aliphatic carbocycles. The lowest BCUT2D eigenvalue weighted by atomic mass is 9.99. The van der Waals surface area contributed by atoms with Gasteiger partial charge in [-0.05, 0) is 49.3 Å². The molecule has 4 heteroatoms. The van der Waals surface area contributed by atoms with Crippen LogP contribution in [0.25, 0.3) is 0 Å². The third-order valence-electron chi connectivity index (χ3n) is 4.00. The van der Waals surface area contributed by atoms with Crippen molar-refractivity contribution in [3.8, 4) is 0 Å². The smallest absolute Gasteiger partial charge is 0.0897 e. The van der Waals surface area contributed by atoms with Gasteiger partial charge in [0, 0.05) is 17.8 Å². The van der Waals surface area contributed by atoms with Gasteiger partial charge in [0.2, 0.25) is 0 Å². The Labute approximate surface area is 124 Å². The average Bonchev–Trinajstić information content (AvgIpc) is 3.06. The molecule has 0 saturated heterocycles. The van der Waals surface area contributed by atoms with Gasteiger partial charge in [-0.15, -0.1) is 11.3 Å². The van der Waals surface area contributed by atoms with Crippen LogP contribution in [0, 0.1) is 6.92 Å². The topological polar surface area (TPSA) is 50.9 Å². The Morgan fingerprint density at radius 2 is 2.15 bits per heavy atom. The van der Waals surface area contributed by atoms with Gasteiger partial charge in [-0.3, -0.25) is 11.3 Å². The molecule has 1 atom stereocenters. The number of aromatic nitrogens is 1. The van der Waals surface area contributed by atoms with Gasteiger partial charge in [0.25, 0.3) is 0 Å². The first kappa shape index (κ1) is 13.7. The van der Waals surface area contributed by atoms with E-state index in [1.165, 1.54) is 36.0 Å². The number of nitrogens with one attached hydrogen (secondary N) is 1. The normalized spacial score (nSPS) is 15.3. The minimum Gasteiger partial charge on any atom is -0.271 e. The number of thiazole rings is 1. The second-order valence-corrected chi connectivity index (χ2v) is 6.65. The Hall–Kier alpha value is -1.23. The quantitative estimate of drug-likeness (QED) is 0.656. The summed E-state index contributed by atoms with van der Waals surface area (Å²) in [6.45, 7) is 2.04. The number of fused-ring (bicyclic) bond motifs is 1. The maximum absolute atomic E-state index is 5.71. The largest absolute Gasteiger partial charge is 0.271 e. The molecule has 0 radical (unpaired) electrons. The molecule has 0 bridgehead atoms. The number of rotatable bonds is 5. The van der Waals surface area contributed by atoms with Crippen LogP contribution in [0.15, 0.2) is 23.6 Å². The predicted octanol–water partition coefficient (Wildman–Crippen LogP) is 2.56. The molecule has 20 heavy (non-hydrogen) atoms.